The molecule has 0 atom stereocenters. The molecule has 0 radical (unpaired) electrons. The van der Waals surface area contributed by atoms with Gasteiger partial charge in [-0.05, 0) is 12.8 Å². The number of halogens is 4. The van der Waals surface area contributed by atoms with Crippen molar-refractivity contribution in [3.8, 4) is 0 Å². The molecule has 1 saturated carbocycles. The van der Waals surface area contributed by atoms with E-state index in [1.54, 1.807) is 0 Å². The molecule has 1 aliphatic heterocycles. The topological polar surface area (TPSA) is 38.2 Å². The molecule has 1 aliphatic carbocycles. The summed E-state index contributed by atoms with van der Waals surface area (Å²) in [5.41, 5.74) is -1.93. The minimum absolute atomic E-state index is 0.0705. The van der Waals surface area contributed by atoms with Crippen molar-refractivity contribution in [3.05, 3.63) is 17.8 Å². The van der Waals surface area contributed by atoms with Crippen LogP contribution in [-0.4, -0.2) is 41.9 Å². The molecule has 2 aliphatic rings. The quantitative estimate of drug-likeness (QED) is 0.801. The van der Waals surface area contributed by atoms with Crippen molar-refractivity contribution in [2.75, 3.05) is 25.1 Å². The first kappa shape index (κ1) is 13.5. The lowest BCUT2D eigenvalue weighted by Crippen LogP contribution is -2.70. The summed E-state index contributed by atoms with van der Waals surface area (Å²) in [6.45, 7) is -0.907. The van der Waals surface area contributed by atoms with Crippen molar-refractivity contribution in [1.29, 1.82) is 0 Å². The molecule has 20 heavy (non-hydrogen) atoms. The van der Waals surface area contributed by atoms with Crippen molar-refractivity contribution in [2.45, 2.75) is 30.5 Å². The second kappa shape index (κ2) is 4.28. The van der Waals surface area contributed by atoms with Gasteiger partial charge in [0.25, 0.3) is 0 Å². The molecule has 0 N–H and O–H groups in total. The zero-order valence-electron chi connectivity index (χ0n) is 10.7. The molecule has 0 aromatic carbocycles. The van der Waals surface area contributed by atoms with Gasteiger partial charge in [0.15, 0.2) is 17.2 Å². The zero-order valence-corrected chi connectivity index (χ0v) is 10.7. The molecule has 0 amide bonds. The predicted molar refractivity (Wildman–Crippen MR) is 62.0 cm³/mol. The van der Waals surface area contributed by atoms with Gasteiger partial charge in [0.05, 0.1) is 18.8 Å². The Kier molecular flexibility index (Phi) is 2.89. The van der Waals surface area contributed by atoms with Crippen molar-refractivity contribution in [2.24, 2.45) is 0 Å². The van der Waals surface area contributed by atoms with Gasteiger partial charge in [0, 0.05) is 13.0 Å². The average Bonchev–Trinajstić information content (AvgIpc) is 3.12. The molecule has 0 spiro atoms. The van der Waals surface area contributed by atoms with Crippen LogP contribution in [0.3, 0.4) is 0 Å². The lowest BCUT2D eigenvalue weighted by atomic mass is 9.93. The second-order valence-electron chi connectivity index (χ2n) is 5.22. The van der Waals surface area contributed by atoms with Crippen LogP contribution in [-0.2, 0) is 4.74 Å². The van der Waals surface area contributed by atoms with E-state index >= 15 is 0 Å². The Morgan fingerprint density at radius 1 is 1.30 bits per heavy atom. The van der Waals surface area contributed by atoms with Crippen LogP contribution in [0.25, 0.3) is 0 Å². The van der Waals surface area contributed by atoms with E-state index in [4.69, 9.17) is 0 Å². The normalized spacial score (nSPS) is 21.8. The number of ether oxygens (including phenoxy) is 1. The van der Waals surface area contributed by atoms with E-state index in [1.807, 2.05) is 0 Å². The maximum absolute atomic E-state index is 14.2. The summed E-state index contributed by atoms with van der Waals surface area (Å²) in [7, 11) is 1.01. The number of hydrogen-bond acceptors (Lipinski definition) is 4. The van der Waals surface area contributed by atoms with Gasteiger partial charge in [0.1, 0.15) is 6.33 Å². The molecule has 1 aromatic rings. The number of alkyl halides is 3. The van der Waals surface area contributed by atoms with E-state index < -0.39 is 30.7 Å². The molecule has 3 rings (SSSR count). The Labute approximate surface area is 112 Å². The first-order chi connectivity index (χ1) is 9.38. The third-order valence-corrected chi connectivity index (χ3v) is 3.86. The van der Waals surface area contributed by atoms with Gasteiger partial charge in [0.2, 0.25) is 0 Å². The number of aromatic nitrogens is 2. The Hall–Kier alpha value is -1.44. The number of anilines is 1. The third kappa shape index (κ3) is 1.93. The highest BCUT2D eigenvalue weighted by Crippen LogP contribution is 2.45. The number of hydrogen-bond donors (Lipinski definition) is 0. The van der Waals surface area contributed by atoms with E-state index in [0.717, 1.165) is 20.0 Å². The molecular formula is C12H13F4N3O. The zero-order chi connectivity index (χ0) is 14.5. The minimum atomic E-state index is -4.49. The maximum Gasteiger partial charge on any atom is 0.420 e. The van der Waals surface area contributed by atoms with Crippen LogP contribution >= 0.6 is 0 Å². The van der Waals surface area contributed by atoms with Gasteiger partial charge < -0.3 is 9.64 Å². The number of rotatable bonds is 3. The summed E-state index contributed by atoms with van der Waals surface area (Å²) in [6.07, 6.45) is -1.57. The van der Waals surface area contributed by atoms with Gasteiger partial charge in [-0.1, -0.05) is 0 Å². The fourth-order valence-electron chi connectivity index (χ4n) is 2.38. The van der Waals surface area contributed by atoms with Crippen LogP contribution in [0, 0.1) is 5.82 Å². The predicted octanol–water partition coefficient (Wildman–Crippen LogP) is 2.26. The van der Waals surface area contributed by atoms with Crippen LogP contribution in [0.5, 0.6) is 0 Å². The van der Waals surface area contributed by atoms with Crippen LogP contribution in [0.15, 0.2) is 6.33 Å². The standard InChI is InChI=1S/C12H13F4N3O/c1-20-11(12(14,15)16)4-19(5-11)10-8(13)9(7-2-3-7)17-6-18-10/h6-7H,2-5H2,1H3. The highest BCUT2D eigenvalue weighted by molar-refractivity contribution is 5.47. The average molecular weight is 291 g/mol. The second-order valence-corrected chi connectivity index (χ2v) is 5.22. The van der Waals surface area contributed by atoms with E-state index in [9.17, 15) is 17.6 Å². The van der Waals surface area contributed by atoms with Crippen molar-refractivity contribution >= 4 is 5.82 Å². The summed E-state index contributed by atoms with van der Waals surface area (Å²) < 4.78 is 57.4. The lowest BCUT2D eigenvalue weighted by molar-refractivity contribution is -0.277. The maximum atomic E-state index is 14.2. The van der Waals surface area contributed by atoms with Crippen molar-refractivity contribution in [1.82, 2.24) is 9.97 Å². The molecule has 2 heterocycles. The van der Waals surface area contributed by atoms with Gasteiger partial charge in [-0.25, -0.2) is 14.4 Å². The van der Waals surface area contributed by atoms with Crippen LogP contribution in [0.4, 0.5) is 23.4 Å². The highest BCUT2D eigenvalue weighted by Gasteiger charge is 2.63. The van der Waals surface area contributed by atoms with Gasteiger partial charge in [-0.15, -0.1) is 0 Å². The van der Waals surface area contributed by atoms with Crippen molar-refractivity contribution < 1.29 is 22.3 Å². The molecule has 1 aromatic heterocycles. The summed E-state index contributed by atoms with van der Waals surface area (Å²) in [4.78, 5) is 8.89. The molecule has 8 heteroatoms. The summed E-state index contributed by atoms with van der Waals surface area (Å²) in [5, 5.41) is 0. The molecule has 4 nitrogen and oxygen atoms in total. The molecule has 2 fully saturated rings. The van der Waals surface area contributed by atoms with E-state index in [-0.39, 0.29) is 11.7 Å². The fraction of sp³-hybridized carbons (Fsp3) is 0.667. The Morgan fingerprint density at radius 2 is 1.95 bits per heavy atom. The smallest absolute Gasteiger partial charge is 0.365 e. The minimum Gasteiger partial charge on any atom is -0.365 e. The highest BCUT2D eigenvalue weighted by atomic mass is 19.4. The van der Waals surface area contributed by atoms with Crippen LogP contribution in [0.1, 0.15) is 24.5 Å². The molecular weight excluding hydrogens is 278 g/mol. The fourth-order valence-corrected chi connectivity index (χ4v) is 2.38. The Morgan fingerprint density at radius 3 is 2.45 bits per heavy atom. The Balaban J connectivity index is 1.82. The monoisotopic (exact) mass is 291 g/mol. The van der Waals surface area contributed by atoms with Crippen LogP contribution in [0.2, 0.25) is 0 Å². The summed E-state index contributed by atoms with van der Waals surface area (Å²) in [6, 6.07) is 0. The largest absolute Gasteiger partial charge is 0.420 e. The number of nitrogens with zero attached hydrogens (tertiary/aromatic N) is 3. The SMILES string of the molecule is COC1(C(F)(F)F)CN(c2ncnc(C3CC3)c2F)C1. The first-order valence-electron chi connectivity index (χ1n) is 6.25. The van der Waals surface area contributed by atoms with E-state index in [2.05, 4.69) is 14.7 Å². The molecule has 110 valence electrons. The van der Waals surface area contributed by atoms with E-state index in [1.165, 1.54) is 11.2 Å². The van der Waals surface area contributed by atoms with Gasteiger partial charge in [-0.2, -0.15) is 13.2 Å². The molecule has 1 saturated heterocycles. The lowest BCUT2D eigenvalue weighted by Gasteiger charge is -2.49. The summed E-state index contributed by atoms with van der Waals surface area (Å²) in [5.74, 6) is -0.603. The Bertz CT molecular complexity index is 524. The molecule has 0 unspecified atom stereocenters. The van der Waals surface area contributed by atoms with Crippen LogP contribution < -0.4 is 4.90 Å². The van der Waals surface area contributed by atoms with Gasteiger partial charge in [-0.3, -0.25) is 0 Å². The molecule has 0 bridgehead atoms. The van der Waals surface area contributed by atoms with Gasteiger partial charge >= 0.3 is 6.18 Å². The summed E-state index contributed by atoms with van der Waals surface area (Å²) >= 11 is 0. The third-order valence-electron chi connectivity index (χ3n) is 3.86. The first-order valence-corrected chi connectivity index (χ1v) is 6.25. The van der Waals surface area contributed by atoms with Crippen molar-refractivity contribution in [3.63, 3.8) is 0 Å². The van der Waals surface area contributed by atoms with E-state index in [0.29, 0.717) is 5.69 Å². The number of methoxy groups -OCH3 is 1.